The molecular weight excluding hydrogens is 328 g/mol. The molecule has 0 saturated carbocycles. The van der Waals surface area contributed by atoms with E-state index < -0.39 is 5.41 Å². The highest BCUT2D eigenvalue weighted by molar-refractivity contribution is 5.85. The summed E-state index contributed by atoms with van der Waals surface area (Å²) in [6, 6.07) is 23.7. The number of rotatable bonds is 5. The van der Waals surface area contributed by atoms with E-state index in [9.17, 15) is 5.26 Å². The van der Waals surface area contributed by atoms with Gasteiger partial charge in [-0.1, -0.05) is 67.1 Å². The van der Waals surface area contributed by atoms with Crippen molar-refractivity contribution in [3.63, 3.8) is 0 Å². The Hall–Kier alpha value is -1.82. The van der Waals surface area contributed by atoms with Gasteiger partial charge in [-0.15, -0.1) is 12.4 Å². The Morgan fingerprint density at radius 1 is 0.920 bits per heavy atom. The SMILES string of the molecule is CC(CC(C#N)(c1ccccc1)c1ccccc1)N1CCCCC1.Cl. The third-order valence-electron chi connectivity index (χ3n) is 5.34. The van der Waals surface area contributed by atoms with Crippen molar-refractivity contribution in [3.05, 3.63) is 71.8 Å². The fourth-order valence-electron chi connectivity index (χ4n) is 3.95. The van der Waals surface area contributed by atoms with Crippen LogP contribution >= 0.6 is 12.4 Å². The molecule has 2 aromatic rings. The van der Waals surface area contributed by atoms with E-state index >= 15 is 0 Å². The maximum atomic E-state index is 10.3. The van der Waals surface area contributed by atoms with Crippen molar-refractivity contribution in [3.8, 4) is 6.07 Å². The summed E-state index contributed by atoms with van der Waals surface area (Å²) in [6.07, 6.45) is 4.72. The molecule has 0 amide bonds. The van der Waals surface area contributed by atoms with Gasteiger partial charge in [-0.3, -0.25) is 0 Å². The van der Waals surface area contributed by atoms with Crippen molar-refractivity contribution in [1.82, 2.24) is 4.90 Å². The minimum absolute atomic E-state index is 0. The number of benzene rings is 2. The Morgan fingerprint density at radius 2 is 1.40 bits per heavy atom. The summed E-state index contributed by atoms with van der Waals surface area (Å²) in [7, 11) is 0. The first-order valence-electron chi connectivity index (χ1n) is 9.02. The van der Waals surface area contributed by atoms with Crippen molar-refractivity contribution < 1.29 is 0 Å². The Labute approximate surface area is 157 Å². The van der Waals surface area contributed by atoms with Crippen LogP contribution < -0.4 is 0 Å². The van der Waals surface area contributed by atoms with Crippen molar-refractivity contribution in [2.75, 3.05) is 13.1 Å². The molecule has 2 nitrogen and oxygen atoms in total. The highest BCUT2D eigenvalue weighted by Gasteiger charge is 2.37. The largest absolute Gasteiger partial charge is 0.301 e. The van der Waals surface area contributed by atoms with Gasteiger partial charge in [0, 0.05) is 6.04 Å². The van der Waals surface area contributed by atoms with Crippen LogP contribution in [-0.2, 0) is 5.41 Å². The van der Waals surface area contributed by atoms with Crippen LogP contribution in [0.5, 0.6) is 0 Å². The molecule has 3 heteroatoms. The summed E-state index contributed by atoms with van der Waals surface area (Å²) < 4.78 is 0. The van der Waals surface area contributed by atoms with Gasteiger partial charge in [0.25, 0.3) is 0 Å². The molecule has 1 aliphatic rings. The fourth-order valence-corrected chi connectivity index (χ4v) is 3.95. The van der Waals surface area contributed by atoms with Gasteiger partial charge < -0.3 is 4.90 Å². The maximum Gasteiger partial charge on any atom is 0.109 e. The molecule has 0 N–H and O–H groups in total. The molecule has 1 heterocycles. The second-order valence-electron chi connectivity index (χ2n) is 6.90. The van der Waals surface area contributed by atoms with Gasteiger partial charge in [0.15, 0.2) is 0 Å². The lowest BCUT2D eigenvalue weighted by molar-refractivity contribution is 0.157. The summed E-state index contributed by atoms with van der Waals surface area (Å²) in [5.74, 6) is 0. The number of hydrogen-bond donors (Lipinski definition) is 0. The van der Waals surface area contributed by atoms with Gasteiger partial charge in [0.2, 0.25) is 0 Å². The van der Waals surface area contributed by atoms with Crippen molar-refractivity contribution in [1.29, 1.82) is 5.26 Å². The summed E-state index contributed by atoms with van der Waals surface area (Å²) >= 11 is 0. The highest BCUT2D eigenvalue weighted by Crippen LogP contribution is 2.37. The fraction of sp³-hybridized carbons (Fsp3) is 0.409. The quantitative estimate of drug-likeness (QED) is 0.739. The van der Waals surface area contributed by atoms with E-state index in [2.05, 4.69) is 42.2 Å². The molecule has 1 saturated heterocycles. The smallest absolute Gasteiger partial charge is 0.109 e. The molecule has 1 unspecified atom stereocenters. The van der Waals surface area contributed by atoms with Gasteiger partial charge >= 0.3 is 0 Å². The molecule has 0 spiro atoms. The van der Waals surface area contributed by atoms with E-state index in [4.69, 9.17) is 0 Å². The van der Waals surface area contributed by atoms with Crippen LogP contribution in [0.15, 0.2) is 60.7 Å². The molecule has 25 heavy (non-hydrogen) atoms. The number of halogens is 1. The molecule has 0 radical (unpaired) electrons. The highest BCUT2D eigenvalue weighted by atomic mass is 35.5. The third-order valence-corrected chi connectivity index (χ3v) is 5.34. The van der Waals surface area contributed by atoms with Crippen molar-refractivity contribution in [2.45, 2.75) is 44.1 Å². The zero-order valence-corrected chi connectivity index (χ0v) is 15.7. The van der Waals surface area contributed by atoms with E-state index in [-0.39, 0.29) is 12.4 Å². The second-order valence-corrected chi connectivity index (χ2v) is 6.90. The average molecular weight is 355 g/mol. The number of nitrogens with zero attached hydrogens (tertiary/aromatic N) is 2. The monoisotopic (exact) mass is 354 g/mol. The predicted molar refractivity (Wildman–Crippen MR) is 106 cm³/mol. The van der Waals surface area contributed by atoms with Gasteiger partial charge in [0.05, 0.1) is 6.07 Å². The van der Waals surface area contributed by atoms with E-state index in [1.165, 1.54) is 19.3 Å². The molecule has 1 aliphatic heterocycles. The van der Waals surface area contributed by atoms with E-state index in [1.807, 2.05) is 36.4 Å². The molecule has 0 aliphatic carbocycles. The molecular formula is C22H27ClN2. The third kappa shape index (κ3) is 4.24. The van der Waals surface area contributed by atoms with E-state index in [0.29, 0.717) is 6.04 Å². The van der Waals surface area contributed by atoms with Crippen molar-refractivity contribution >= 4 is 12.4 Å². The average Bonchev–Trinajstić information content (AvgIpc) is 2.68. The first kappa shape index (κ1) is 19.5. The number of likely N-dealkylation sites (tertiary alicyclic amines) is 1. The topological polar surface area (TPSA) is 27.0 Å². The first-order chi connectivity index (χ1) is 11.8. The summed E-state index contributed by atoms with van der Waals surface area (Å²) in [4.78, 5) is 2.56. The molecule has 1 atom stereocenters. The number of piperidine rings is 1. The van der Waals surface area contributed by atoms with Gasteiger partial charge in [0.1, 0.15) is 5.41 Å². The Kier molecular flexibility index (Phi) is 7.05. The van der Waals surface area contributed by atoms with Gasteiger partial charge in [-0.2, -0.15) is 5.26 Å². The lowest BCUT2D eigenvalue weighted by Gasteiger charge is -2.38. The predicted octanol–water partition coefficient (Wildman–Crippen LogP) is 5.18. The number of nitriles is 1. The Balaban J connectivity index is 0.00000225. The van der Waals surface area contributed by atoms with Crippen LogP contribution in [0.2, 0.25) is 0 Å². The molecule has 1 fully saturated rings. The van der Waals surface area contributed by atoms with Crippen LogP contribution in [0, 0.1) is 11.3 Å². The van der Waals surface area contributed by atoms with Crippen LogP contribution in [0.3, 0.4) is 0 Å². The molecule has 132 valence electrons. The van der Waals surface area contributed by atoms with Crippen LogP contribution in [0.25, 0.3) is 0 Å². The lowest BCUT2D eigenvalue weighted by Crippen LogP contribution is -2.42. The summed E-state index contributed by atoms with van der Waals surface area (Å²) in [5.41, 5.74) is 1.62. The zero-order chi connectivity index (χ0) is 16.8. The molecule has 3 rings (SSSR count). The van der Waals surface area contributed by atoms with Gasteiger partial charge in [-0.25, -0.2) is 0 Å². The van der Waals surface area contributed by atoms with E-state index in [1.54, 1.807) is 0 Å². The second kappa shape index (κ2) is 9.04. The molecule has 0 aromatic heterocycles. The standard InChI is InChI=1S/C22H26N2.ClH/c1-19(24-15-9-4-10-16-24)17-22(18-23,20-11-5-2-6-12-20)21-13-7-3-8-14-21;/h2-3,5-8,11-14,19H,4,9-10,15-17H2,1H3;1H. The Morgan fingerprint density at radius 3 is 1.84 bits per heavy atom. The Bertz CT molecular complexity index is 633. The van der Waals surface area contributed by atoms with Crippen LogP contribution in [0.1, 0.15) is 43.7 Å². The van der Waals surface area contributed by atoms with Gasteiger partial charge in [-0.05, 0) is 50.4 Å². The van der Waals surface area contributed by atoms with Crippen LogP contribution in [-0.4, -0.2) is 24.0 Å². The maximum absolute atomic E-state index is 10.3. The lowest BCUT2D eigenvalue weighted by atomic mass is 9.71. The first-order valence-corrected chi connectivity index (χ1v) is 9.02. The summed E-state index contributed by atoms with van der Waals surface area (Å²) in [6.45, 7) is 4.60. The van der Waals surface area contributed by atoms with E-state index in [0.717, 1.165) is 30.6 Å². The molecule has 0 bridgehead atoms. The number of hydrogen-bond acceptors (Lipinski definition) is 2. The molecule has 2 aromatic carbocycles. The normalized spacial score (nSPS) is 16.5. The van der Waals surface area contributed by atoms with Crippen LogP contribution in [0.4, 0.5) is 0 Å². The van der Waals surface area contributed by atoms with Crippen molar-refractivity contribution in [2.24, 2.45) is 0 Å². The minimum Gasteiger partial charge on any atom is -0.301 e. The minimum atomic E-state index is -0.584. The zero-order valence-electron chi connectivity index (χ0n) is 14.9. The summed E-state index contributed by atoms with van der Waals surface area (Å²) in [5, 5.41) is 10.3.